The second-order valence-electron chi connectivity index (χ2n) is 4.25. The van der Waals surface area contributed by atoms with Gasteiger partial charge in [0.2, 0.25) is 0 Å². The molecule has 1 fully saturated rings. The third-order valence-electron chi connectivity index (χ3n) is 2.92. The van der Waals surface area contributed by atoms with Gasteiger partial charge in [-0.1, -0.05) is 17.3 Å². The van der Waals surface area contributed by atoms with Gasteiger partial charge in [-0.25, -0.2) is 13.5 Å². The Hall–Kier alpha value is -1.78. The third-order valence-corrected chi connectivity index (χ3v) is 2.92. The Morgan fingerprint density at radius 3 is 2.47 bits per heavy atom. The standard InChI is InChI=1S/C12H11F2N3/c13-12(14)9-3-5-10(6-4-9)17-7-11(15-16-17)8-1-2-8/h3-8,12H,1-2H2. The maximum Gasteiger partial charge on any atom is 0.263 e. The number of hydrogen-bond donors (Lipinski definition) is 0. The molecule has 2 aromatic rings. The van der Waals surface area contributed by atoms with E-state index in [4.69, 9.17) is 0 Å². The van der Waals surface area contributed by atoms with Crippen molar-refractivity contribution in [3.63, 3.8) is 0 Å². The minimum Gasteiger partial charge on any atom is -0.220 e. The van der Waals surface area contributed by atoms with Crippen LogP contribution in [0.4, 0.5) is 8.78 Å². The van der Waals surface area contributed by atoms with Crippen LogP contribution in [0.1, 0.15) is 36.4 Å². The highest BCUT2D eigenvalue weighted by Gasteiger charge is 2.26. The summed E-state index contributed by atoms with van der Waals surface area (Å²) in [6.07, 6.45) is 1.78. The highest BCUT2D eigenvalue weighted by Crippen LogP contribution is 2.38. The summed E-state index contributed by atoms with van der Waals surface area (Å²) in [7, 11) is 0. The molecular weight excluding hydrogens is 224 g/mol. The van der Waals surface area contributed by atoms with E-state index in [0.29, 0.717) is 5.92 Å². The lowest BCUT2D eigenvalue weighted by molar-refractivity contribution is 0.151. The number of nitrogens with zero attached hydrogens (tertiary/aromatic N) is 3. The van der Waals surface area contributed by atoms with E-state index in [2.05, 4.69) is 10.3 Å². The fraction of sp³-hybridized carbons (Fsp3) is 0.333. The van der Waals surface area contributed by atoms with E-state index in [9.17, 15) is 8.78 Å². The van der Waals surface area contributed by atoms with Crippen LogP contribution in [0, 0.1) is 0 Å². The van der Waals surface area contributed by atoms with Crippen LogP contribution in [0.5, 0.6) is 0 Å². The molecule has 1 aromatic carbocycles. The Morgan fingerprint density at radius 1 is 1.18 bits per heavy atom. The van der Waals surface area contributed by atoms with Crippen molar-refractivity contribution in [2.45, 2.75) is 25.2 Å². The van der Waals surface area contributed by atoms with E-state index in [1.165, 1.54) is 25.0 Å². The Kier molecular flexibility index (Phi) is 2.39. The highest BCUT2D eigenvalue weighted by atomic mass is 19.3. The summed E-state index contributed by atoms with van der Waals surface area (Å²) >= 11 is 0. The fourth-order valence-corrected chi connectivity index (χ4v) is 1.74. The zero-order valence-electron chi connectivity index (χ0n) is 9.05. The predicted molar refractivity (Wildman–Crippen MR) is 58.3 cm³/mol. The smallest absolute Gasteiger partial charge is 0.220 e. The normalized spacial score (nSPS) is 15.5. The van der Waals surface area contributed by atoms with Crippen molar-refractivity contribution in [3.8, 4) is 5.69 Å². The summed E-state index contributed by atoms with van der Waals surface area (Å²) in [6, 6.07) is 6.09. The molecule has 1 aliphatic rings. The van der Waals surface area contributed by atoms with Gasteiger partial charge in [-0.15, -0.1) is 5.10 Å². The van der Waals surface area contributed by atoms with Gasteiger partial charge in [0.15, 0.2) is 0 Å². The lowest BCUT2D eigenvalue weighted by atomic mass is 10.2. The first kappa shape index (κ1) is 10.4. The number of alkyl halides is 2. The molecule has 3 rings (SSSR count). The fourth-order valence-electron chi connectivity index (χ4n) is 1.74. The lowest BCUT2D eigenvalue weighted by Gasteiger charge is -2.02. The molecule has 1 aromatic heterocycles. The van der Waals surface area contributed by atoms with Crippen molar-refractivity contribution in [2.75, 3.05) is 0 Å². The Bertz CT molecular complexity index is 515. The number of rotatable bonds is 3. The van der Waals surface area contributed by atoms with E-state index in [1.54, 1.807) is 16.8 Å². The van der Waals surface area contributed by atoms with Crippen LogP contribution in [0.15, 0.2) is 30.5 Å². The summed E-state index contributed by atoms with van der Waals surface area (Å²) in [5, 5.41) is 8.08. The highest BCUT2D eigenvalue weighted by molar-refractivity contribution is 5.34. The molecule has 0 aliphatic heterocycles. The van der Waals surface area contributed by atoms with Gasteiger partial charge in [0.1, 0.15) is 0 Å². The molecule has 0 spiro atoms. The molecule has 0 bridgehead atoms. The van der Waals surface area contributed by atoms with Gasteiger partial charge in [-0.2, -0.15) is 0 Å². The van der Waals surface area contributed by atoms with Crippen LogP contribution in [0.3, 0.4) is 0 Å². The number of halogens is 2. The first-order valence-corrected chi connectivity index (χ1v) is 5.55. The minimum atomic E-state index is -2.43. The lowest BCUT2D eigenvalue weighted by Crippen LogP contribution is -1.95. The average Bonchev–Trinajstić information content (AvgIpc) is 3.07. The van der Waals surface area contributed by atoms with Crippen molar-refractivity contribution in [1.29, 1.82) is 0 Å². The molecule has 0 atom stereocenters. The van der Waals surface area contributed by atoms with Crippen molar-refractivity contribution in [2.24, 2.45) is 0 Å². The summed E-state index contributed by atoms with van der Waals surface area (Å²) in [6.45, 7) is 0. The van der Waals surface area contributed by atoms with E-state index < -0.39 is 6.43 Å². The molecule has 0 radical (unpaired) electrons. The van der Waals surface area contributed by atoms with Gasteiger partial charge in [0, 0.05) is 11.5 Å². The molecule has 1 saturated carbocycles. The van der Waals surface area contributed by atoms with Gasteiger partial charge >= 0.3 is 0 Å². The summed E-state index contributed by atoms with van der Waals surface area (Å²) < 4.78 is 26.4. The van der Waals surface area contributed by atoms with Crippen molar-refractivity contribution in [3.05, 3.63) is 41.7 Å². The first-order valence-electron chi connectivity index (χ1n) is 5.55. The second-order valence-corrected chi connectivity index (χ2v) is 4.25. The molecule has 88 valence electrons. The monoisotopic (exact) mass is 235 g/mol. The Labute approximate surface area is 97.1 Å². The zero-order chi connectivity index (χ0) is 11.8. The molecule has 0 N–H and O–H groups in total. The van der Waals surface area contributed by atoms with E-state index in [-0.39, 0.29) is 5.56 Å². The summed E-state index contributed by atoms with van der Waals surface area (Å²) in [4.78, 5) is 0. The van der Waals surface area contributed by atoms with Gasteiger partial charge < -0.3 is 0 Å². The molecule has 3 nitrogen and oxygen atoms in total. The number of benzene rings is 1. The topological polar surface area (TPSA) is 30.7 Å². The largest absolute Gasteiger partial charge is 0.263 e. The van der Waals surface area contributed by atoms with Crippen LogP contribution in [0.2, 0.25) is 0 Å². The van der Waals surface area contributed by atoms with Crippen LogP contribution in [0.25, 0.3) is 5.69 Å². The number of aromatic nitrogens is 3. The number of hydrogen-bond acceptors (Lipinski definition) is 2. The maximum atomic E-state index is 12.4. The molecule has 0 saturated heterocycles. The van der Waals surface area contributed by atoms with Crippen molar-refractivity contribution in [1.82, 2.24) is 15.0 Å². The molecular formula is C12H11F2N3. The maximum absolute atomic E-state index is 12.4. The SMILES string of the molecule is FC(F)c1ccc(-n2cc(C3CC3)nn2)cc1. The molecule has 1 aliphatic carbocycles. The van der Waals surface area contributed by atoms with Gasteiger partial charge in [0.25, 0.3) is 6.43 Å². The molecule has 17 heavy (non-hydrogen) atoms. The van der Waals surface area contributed by atoms with E-state index in [0.717, 1.165) is 11.4 Å². The Balaban J connectivity index is 1.86. The minimum absolute atomic E-state index is 0.0243. The quantitative estimate of drug-likeness (QED) is 0.818. The van der Waals surface area contributed by atoms with Crippen LogP contribution in [-0.2, 0) is 0 Å². The van der Waals surface area contributed by atoms with E-state index >= 15 is 0 Å². The summed E-state index contributed by atoms with van der Waals surface area (Å²) in [5.74, 6) is 0.545. The zero-order valence-corrected chi connectivity index (χ0v) is 9.05. The predicted octanol–water partition coefficient (Wildman–Crippen LogP) is 3.08. The second kappa shape index (κ2) is 3.91. The van der Waals surface area contributed by atoms with Gasteiger partial charge in [0.05, 0.1) is 17.6 Å². The van der Waals surface area contributed by atoms with Gasteiger partial charge in [-0.3, -0.25) is 0 Å². The summed E-state index contributed by atoms with van der Waals surface area (Å²) in [5.41, 5.74) is 1.77. The molecule has 5 heteroatoms. The van der Waals surface area contributed by atoms with Crippen molar-refractivity contribution < 1.29 is 8.78 Å². The molecule has 1 heterocycles. The Morgan fingerprint density at radius 2 is 1.88 bits per heavy atom. The van der Waals surface area contributed by atoms with Crippen LogP contribution < -0.4 is 0 Å². The van der Waals surface area contributed by atoms with Gasteiger partial charge in [-0.05, 0) is 25.0 Å². The molecule has 0 amide bonds. The van der Waals surface area contributed by atoms with E-state index in [1.807, 2.05) is 6.20 Å². The van der Waals surface area contributed by atoms with Crippen LogP contribution in [-0.4, -0.2) is 15.0 Å². The van der Waals surface area contributed by atoms with Crippen LogP contribution >= 0.6 is 0 Å². The first-order chi connectivity index (χ1) is 8.24. The molecule has 0 unspecified atom stereocenters. The average molecular weight is 235 g/mol. The third kappa shape index (κ3) is 2.05. The van der Waals surface area contributed by atoms with Crippen molar-refractivity contribution >= 4 is 0 Å².